The molecule has 0 radical (unpaired) electrons. The van der Waals surface area contributed by atoms with E-state index in [2.05, 4.69) is 3.77 Å². The fraction of sp³-hybridized carbons (Fsp3) is 1.00. The molecule has 0 aliphatic rings. The molecule has 72 valence electrons. The van der Waals surface area contributed by atoms with Gasteiger partial charge in [-0.2, -0.15) is 21.8 Å². The molecule has 1 atom stereocenters. The minimum Gasteiger partial charge on any atom is -0.227 e. The lowest BCUT2D eigenvalue weighted by Gasteiger charge is -2.16. The van der Waals surface area contributed by atoms with E-state index >= 15 is 0 Å². The fourth-order valence-corrected chi connectivity index (χ4v) is 1.53. The summed E-state index contributed by atoms with van der Waals surface area (Å²) in [7, 11) is -3.52. The lowest BCUT2D eigenvalue weighted by molar-refractivity contribution is -0.0735. The van der Waals surface area contributed by atoms with Crippen molar-refractivity contribution in [3.63, 3.8) is 0 Å². The summed E-state index contributed by atoms with van der Waals surface area (Å²) in [4.78, 5) is 0. The van der Waals surface area contributed by atoms with Crippen molar-refractivity contribution in [1.82, 2.24) is 0 Å². The van der Waals surface area contributed by atoms with Gasteiger partial charge in [0.2, 0.25) is 22.4 Å². The van der Waals surface area contributed by atoms with E-state index in [9.17, 15) is 26.0 Å². The number of rotatable bonds is 3. The van der Waals surface area contributed by atoms with E-state index in [4.69, 9.17) is 0 Å². The van der Waals surface area contributed by atoms with Crippen molar-refractivity contribution in [2.45, 2.75) is 9.18 Å². The molecular formula is C2F4INO2S2. The van der Waals surface area contributed by atoms with Crippen LogP contribution in [0.15, 0.2) is 3.77 Å². The van der Waals surface area contributed by atoms with Crippen LogP contribution in [0.4, 0.5) is 17.6 Å². The molecule has 0 saturated heterocycles. The van der Waals surface area contributed by atoms with Crippen LogP contribution in [0.25, 0.3) is 0 Å². The summed E-state index contributed by atoms with van der Waals surface area (Å²) in [5.74, 6) is 0. The van der Waals surface area contributed by atoms with E-state index in [1.54, 1.807) is 0 Å². The van der Waals surface area contributed by atoms with Crippen molar-refractivity contribution in [3.05, 3.63) is 0 Å². The van der Waals surface area contributed by atoms with Gasteiger partial charge >= 0.3 is 9.18 Å². The molecule has 0 N–H and O–H groups in total. The van der Waals surface area contributed by atoms with Crippen molar-refractivity contribution in [2.24, 2.45) is 3.77 Å². The zero-order chi connectivity index (χ0) is 9.99. The van der Waals surface area contributed by atoms with Crippen molar-refractivity contribution >= 4 is 45.0 Å². The highest BCUT2D eigenvalue weighted by Crippen LogP contribution is 2.42. The van der Waals surface area contributed by atoms with E-state index in [-0.39, 0.29) is 22.6 Å². The standard InChI is InChI=1S/C2F4INO2S2/c3-1(4,7)2(5,6)12(10)8-11-9. The fourth-order valence-electron chi connectivity index (χ4n) is 0.173. The Morgan fingerprint density at radius 2 is 1.75 bits per heavy atom. The SMILES string of the molecule is O=S=NS(=O)C(F)(F)C(F)(F)I. The summed E-state index contributed by atoms with van der Waals surface area (Å²) in [5, 5.41) is -4.81. The van der Waals surface area contributed by atoms with Gasteiger partial charge in [0.1, 0.15) is 0 Å². The first-order valence-electron chi connectivity index (χ1n) is 2.10. The summed E-state index contributed by atoms with van der Waals surface area (Å²) < 4.78 is 65.7. The third-order valence-electron chi connectivity index (χ3n) is 0.647. The van der Waals surface area contributed by atoms with Gasteiger partial charge in [0.05, 0.1) is 0 Å². The largest absolute Gasteiger partial charge is 0.412 e. The summed E-state index contributed by atoms with van der Waals surface area (Å²) >= 11 is -0.663. The lowest BCUT2D eigenvalue weighted by Crippen LogP contribution is -2.38. The first kappa shape index (κ1) is 12.4. The van der Waals surface area contributed by atoms with Gasteiger partial charge in [-0.3, -0.25) is 0 Å². The Balaban J connectivity index is 4.85. The quantitative estimate of drug-likeness (QED) is 0.447. The van der Waals surface area contributed by atoms with Crippen LogP contribution in [-0.4, -0.2) is 17.6 Å². The molecule has 0 rings (SSSR count). The molecule has 0 amide bonds. The molecule has 0 saturated carbocycles. The lowest BCUT2D eigenvalue weighted by atomic mass is 10.7. The Labute approximate surface area is 83.9 Å². The van der Waals surface area contributed by atoms with E-state index < -0.39 is 31.6 Å². The van der Waals surface area contributed by atoms with E-state index in [1.165, 1.54) is 0 Å². The summed E-state index contributed by atoms with van der Waals surface area (Å²) in [6, 6.07) is 0. The van der Waals surface area contributed by atoms with Crippen LogP contribution in [0.1, 0.15) is 0 Å². The van der Waals surface area contributed by atoms with Gasteiger partial charge in [-0.05, 0) is 0 Å². The second-order valence-corrected chi connectivity index (χ2v) is 4.52. The monoisotopic (exact) mass is 337 g/mol. The Morgan fingerprint density at radius 3 is 2.00 bits per heavy atom. The van der Waals surface area contributed by atoms with Crippen molar-refractivity contribution < 1.29 is 26.0 Å². The molecule has 0 aromatic carbocycles. The molecule has 0 aliphatic carbocycles. The second-order valence-electron chi connectivity index (χ2n) is 1.41. The minimum absolute atomic E-state index is 0.127. The minimum atomic E-state index is -4.81. The van der Waals surface area contributed by atoms with E-state index in [0.717, 1.165) is 0 Å². The summed E-state index contributed by atoms with van der Waals surface area (Å²) in [6.45, 7) is 0. The molecule has 0 aliphatic heterocycles. The van der Waals surface area contributed by atoms with Gasteiger partial charge in [0.25, 0.3) is 0 Å². The second kappa shape index (κ2) is 4.09. The number of nitrogens with zero attached hydrogens (tertiary/aromatic N) is 1. The maximum atomic E-state index is 12.2. The van der Waals surface area contributed by atoms with Gasteiger partial charge in [-0.1, -0.05) is 3.77 Å². The Morgan fingerprint density at radius 1 is 1.33 bits per heavy atom. The molecule has 0 aromatic heterocycles. The van der Waals surface area contributed by atoms with E-state index in [0.29, 0.717) is 0 Å². The smallest absolute Gasteiger partial charge is 0.227 e. The third-order valence-corrected chi connectivity index (χ3v) is 3.17. The molecule has 3 nitrogen and oxygen atoms in total. The molecule has 0 heterocycles. The summed E-state index contributed by atoms with van der Waals surface area (Å²) in [5.41, 5.74) is 0. The van der Waals surface area contributed by atoms with Crippen LogP contribution in [-0.2, 0) is 22.4 Å². The highest BCUT2D eigenvalue weighted by molar-refractivity contribution is 14.1. The predicted molar refractivity (Wildman–Crippen MR) is 42.6 cm³/mol. The van der Waals surface area contributed by atoms with Gasteiger partial charge < -0.3 is 0 Å². The van der Waals surface area contributed by atoms with Crippen LogP contribution < -0.4 is 0 Å². The van der Waals surface area contributed by atoms with Crippen LogP contribution in [0, 0.1) is 0 Å². The van der Waals surface area contributed by atoms with Gasteiger partial charge in [0, 0.05) is 22.6 Å². The number of hydrogen-bond acceptors (Lipinski definition) is 2. The zero-order valence-electron chi connectivity index (χ0n) is 4.97. The molecule has 0 spiro atoms. The van der Waals surface area contributed by atoms with Crippen molar-refractivity contribution in [1.29, 1.82) is 0 Å². The van der Waals surface area contributed by atoms with Crippen LogP contribution in [0.5, 0.6) is 0 Å². The van der Waals surface area contributed by atoms with Crippen molar-refractivity contribution in [3.8, 4) is 0 Å². The molecule has 10 heteroatoms. The Hall–Kier alpha value is 0.420. The average Bonchev–Trinajstić information content (AvgIpc) is 1.85. The van der Waals surface area contributed by atoms with Crippen LogP contribution in [0.3, 0.4) is 0 Å². The molecule has 1 unspecified atom stereocenters. The number of halogens is 5. The highest BCUT2D eigenvalue weighted by atomic mass is 127. The topological polar surface area (TPSA) is 46.5 Å². The first-order chi connectivity index (χ1) is 5.23. The highest BCUT2D eigenvalue weighted by Gasteiger charge is 2.60. The zero-order valence-corrected chi connectivity index (χ0v) is 8.76. The molecule has 0 bridgehead atoms. The van der Waals surface area contributed by atoms with E-state index in [1.807, 2.05) is 0 Å². The van der Waals surface area contributed by atoms with Crippen molar-refractivity contribution in [2.75, 3.05) is 0 Å². The van der Waals surface area contributed by atoms with Gasteiger partial charge in [0.15, 0.2) is 0 Å². The molecule has 0 fully saturated rings. The maximum absolute atomic E-state index is 12.2. The normalized spacial score (nSPS) is 15.4. The Kier molecular flexibility index (Phi) is 4.23. The van der Waals surface area contributed by atoms with Gasteiger partial charge in [-0.25, -0.2) is 4.21 Å². The number of alkyl halides is 5. The molecule has 12 heavy (non-hydrogen) atoms. The Bertz CT molecular complexity index is 246. The van der Waals surface area contributed by atoms with Crippen LogP contribution in [0.2, 0.25) is 0 Å². The third kappa shape index (κ3) is 2.73. The van der Waals surface area contributed by atoms with Crippen LogP contribution >= 0.6 is 22.6 Å². The number of hydrogen-bond donors (Lipinski definition) is 0. The predicted octanol–water partition coefficient (Wildman–Crippen LogP) is 1.67. The van der Waals surface area contributed by atoms with Gasteiger partial charge in [-0.15, -0.1) is 0 Å². The molecule has 0 aromatic rings. The first-order valence-corrected chi connectivity index (χ1v) is 4.98. The average molecular weight is 337 g/mol. The maximum Gasteiger partial charge on any atom is 0.412 e. The summed E-state index contributed by atoms with van der Waals surface area (Å²) in [6.07, 6.45) is 0. The molecular weight excluding hydrogens is 337 g/mol.